The van der Waals surface area contributed by atoms with E-state index in [4.69, 9.17) is 9.84 Å². The molecule has 1 aromatic carbocycles. The first kappa shape index (κ1) is 13.5. The van der Waals surface area contributed by atoms with Crippen molar-refractivity contribution in [1.82, 2.24) is 0 Å². The summed E-state index contributed by atoms with van der Waals surface area (Å²) in [6.07, 6.45) is 0. The number of aromatic carboxylic acids is 1. The Hall–Kier alpha value is -1.55. The molecule has 0 heterocycles. The van der Waals surface area contributed by atoms with Gasteiger partial charge in [-0.2, -0.15) is 0 Å². The van der Waals surface area contributed by atoms with Gasteiger partial charge in [-0.05, 0) is 24.1 Å². The van der Waals surface area contributed by atoms with Crippen LogP contribution in [0.3, 0.4) is 0 Å². The summed E-state index contributed by atoms with van der Waals surface area (Å²) in [4.78, 5) is 10.8. The first-order valence-electron chi connectivity index (χ1n) is 5.63. The van der Waals surface area contributed by atoms with Gasteiger partial charge in [-0.3, -0.25) is 0 Å². The summed E-state index contributed by atoms with van der Waals surface area (Å²) >= 11 is 0. The number of benzene rings is 1. The number of hydrogen-bond acceptors (Lipinski definition) is 3. The Labute approximate surface area is 102 Å². The molecule has 94 valence electrons. The SMILES string of the molecule is COCC(Nc1cccc(C(=O)O)c1)C(C)C. The number of ether oxygens (including phenoxy) is 1. The zero-order chi connectivity index (χ0) is 12.8. The molecule has 1 rings (SSSR count). The van der Waals surface area contributed by atoms with Crippen LogP contribution in [-0.4, -0.2) is 30.8 Å². The average molecular weight is 237 g/mol. The van der Waals surface area contributed by atoms with Crippen LogP contribution in [0.5, 0.6) is 0 Å². The highest BCUT2D eigenvalue weighted by Crippen LogP contribution is 2.15. The van der Waals surface area contributed by atoms with Crippen molar-refractivity contribution in [3.8, 4) is 0 Å². The number of carbonyl (C=O) groups is 1. The topological polar surface area (TPSA) is 58.6 Å². The summed E-state index contributed by atoms with van der Waals surface area (Å²) in [5, 5.41) is 12.2. The van der Waals surface area contributed by atoms with Gasteiger partial charge in [0.1, 0.15) is 0 Å². The zero-order valence-electron chi connectivity index (χ0n) is 10.4. The molecule has 4 nitrogen and oxygen atoms in total. The number of rotatable bonds is 6. The van der Waals surface area contributed by atoms with Crippen LogP contribution in [0, 0.1) is 5.92 Å². The second-order valence-electron chi connectivity index (χ2n) is 4.34. The minimum absolute atomic E-state index is 0.170. The first-order valence-corrected chi connectivity index (χ1v) is 5.63. The molecule has 0 spiro atoms. The number of nitrogens with one attached hydrogen (secondary N) is 1. The zero-order valence-corrected chi connectivity index (χ0v) is 10.4. The van der Waals surface area contributed by atoms with Crippen molar-refractivity contribution in [3.63, 3.8) is 0 Å². The van der Waals surface area contributed by atoms with Crippen molar-refractivity contribution < 1.29 is 14.6 Å². The molecule has 0 radical (unpaired) electrons. The molecule has 4 heteroatoms. The van der Waals surface area contributed by atoms with Crippen LogP contribution in [0.1, 0.15) is 24.2 Å². The quantitative estimate of drug-likeness (QED) is 0.798. The van der Waals surface area contributed by atoms with E-state index in [0.717, 1.165) is 5.69 Å². The van der Waals surface area contributed by atoms with Crippen molar-refractivity contribution in [2.45, 2.75) is 19.9 Å². The molecule has 0 amide bonds. The molecule has 0 aliphatic rings. The van der Waals surface area contributed by atoms with Crippen molar-refractivity contribution in [2.75, 3.05) is 19.0 Å². The monoisotopic (exact) mass is 237 g/mol. The predicted molar refractivity (Wildman–Crippen MR) is 67.5 cm³/mol. The number of methoxy groups -OCH3 is 1. The van der Waals surface area contributed by atoms with Gasteiger partial charge in [-0.15, -0.1) is 0 Å². The van der Waals surface area contributed by atoms with Gasteiger partial charge in [0.15, 0.2) is 0 Å². The van der Waals surface area contributed by atoms with Gasteiger partial charge >= 0.3 is 5.97 Å². The van der Waals surface area contributed by atoms with Crippen molar-refractivity contribution in [3.05, 3.63) is 29.8 Å². The Kier molecular flexibility index (Phi) is 4.97. The van der Waals surface area contributed by atoms with Crippen molar-refractivity contribution in [1.29, 1.82) is 0 Å². The maximum Gasteiger partial charge on any atom is 0.335 e. The summed E-state index contributed by atoms with van der Waals surface area (Å²) in [7, 11) is 1.66. The number of anilines is 1. The van der Waals surface area contributed by atoms with Gasteiger partial charge in [-0.1, -0.05) is 19.9 Å². The Morgan fingerprint density at radius 2 is 2.18 bits per heavy atom. The highest BCUT2D eigenvalue weighted by molar-refractivity contribution is 5.88. The minimum atomic E-state index is -0.915. The molecule has 0 saturated carbocycles. The van der Waals surface area contributed by atoms with E-state index in [1.54, 1.807) is 25.3 Å². The fourth-order valence-electron chi connectivity index (χ4n) is 1.54. The molecule has 0 saturated heterocycles. The van der Waals surface area contributed by atoms with Gasteiger partial charge < -0.3 is 15.2 Å². The van der Waals surface area contributed by atoms with Gasteiger partial charge in [0.05, 0.1) is 18.2 Å². The van der Waals surface area contributed by atoms with E-state index in [1.165, 1.54) is 0 Å². The average Bonchev–Trinajstić information content (AvgIpc) is 2.28. The molecular formula is C13H19NO3. The minimum Gasteiger partial charge on any atom is -0.478 e. The van der Waals surface area contributed by atoms with E-state index >= 15 is 0 Å². The molecule has 1 unspecified atom stereocenters. The third kappa shape index (κ3) is 4.07. The van der Waals surface area contributed by atoms with Crippen LogP contribution in [0.25, 0.3) is 0 Å². The summed E-state index contributed by atoms with van der Waals surface area (Å²) in [5.41, 5.74) is 1.09. The van der Waals surface area contributed by atoms with E-state index in [9.17, 15) is 4.79 Å². The lowest BCUT2D eigenvalue weighted by Crippen LogP contribution is -2.30. The molecular weight excluding hydrogens is 218 g/mol. The third-order valence-corrected chi connectivity index (χ3v) is 2.61. The molecule has 0 fully saturated rings. The van der Waals surface area contributed by atoms with Crippen LogP contribution in [-0.2, 0) is 4.74 Å². The predicted octanol–water partition coefficient (Wildman–Crippen LogP) is 2.47. The van der Waals surface area contributed by atoms with Crippen LogP contribution < -0.4 is 5.32 Å². The fraction of sp³-hybridized carbons (Fsp3) is 0.462. The molecule has 0 aromatic heterocycles. The fourth-order valence-corrected chi connectivity index (χ4v) is 1.54. The molecule has 2 N–H and O–H groups in total. The van der Waals surface area contributed by atoms with Crippen molar-refractivity contribution in [2.24, 2.45) is 5.92 Å². The van der Waals surface area contributed by atoms with E-state index in [2.05, 4.69) is 19.2 Å². The third-order valence-electron chi connectivity index (χ3n) is 2.61. The molecule has 0 aliphatic carbocycles. The number of carboxylic acids is 1. The lowest BCUT2D eigenvalue weighted by atomic mass is 10.0. The van der Waals surface area contributed by atoms with Crippen LogP contribution in [0.4, 0.5) is 5.69 Å². The van der Waals surface area contributed by atoms with Gasteiger partial charge in [-0.25, -0.2) is 4.79 Å². The van der Waals surface area contributed by atoms with Gasteiger partial charge in [0.2, 0.25) is 0 Å². The summed E-state index contributed by atoms with van der Waals surface area (Å²) in [5.74, 6) is -0.509. The standard InChI is InChI=1S/C13H19NO3/c1-9(2)12(8-17-3)14-11-6-4-5-10(7-11)13(15)16/h4-7,9,12,14H,8H2,1-3H3,(H,15,16). The maximum atomic E-state index is 10.8. The Balaban J connectivity index is 2.78. The maximum absolute atomic E-state index is 10.8. The van der Waals surface area contributed by atoms with Crippen LogP contribution in [0.2, 0.25) is 0 Å². The molecule has 1 aromatic rings. The molecule has 0 bridgehead atoms. The number of hydrogen-bond donors (Lipinski definition) is 2. The van der Waals surface area contributed by atoms with Gasteiger partial charge in [0.25, 0.3) is 0 Å². The Bertz CT molecular complexity index is 377. The van der Waals surface area contributed by atoms with E-state index in [1.807, 2.05) is 6.07 Å². The second-order valence-corrected chi connectivity index (χ2v) is 4.34. The summed E-state index contributed by atoms with van der Waals surface area (Å²) < 4.78 is 5.14. The smallest absolute Gasteiger partial charge is 0.335 e. The summed E-state index contributed by atoms with van der Waals surface area (Å²) in [6.45, 7) is 4.78. The number of carboxylic acid groups (broad SMARTS) is 1. The lowest BCUT2D eigenvalue weighted by Gasteiger charge is -2.22. The molecule has 17 heavy (non-hydrogen) atoms. The Morgan fingerprint density at radius 3 is 2.71 bits per heavy atom. The molecule has 1 atom stereocenters. The highest BCUT2D eigenvalue weighted by Gasteiger charge is 2.13. The van der Waals surface area contributed by atoms with E-state index < -0.39 is 5.97 Å². The summed E-state index contributed by atoms with van der Waals surface area (Å²) in [6, 6.07) is 6.97. The van der Waals surface area contributed by atoms with E-state index in [-0.39, 0.29) is 11.6 Å². The normalized spacial score (nSPS) is 12.5. The van der Waals surface area contributed by atoms with Gasteiger partial charge in [0, 0.05) is 12.8 Å². The second kappa shape index (κ2) is 6.25. The largest absolute Gasteiger partial charge is 0.478 e. The van der Waals surface area contributed by atoms with Crippen LogP contribution >= 0.6 is 0 Å². The first-order chi connectivity index (χ1) is 8.04. The Morgan fingerprint density at radius 1 is 1.47 bits per heavy atom. The van der Waals surface area contributed by atoms with Crippen LogP contribution in [0.15, 0.2) is 24.3 Å². The lowest BCUT2D eigenvalue weighted by molar-refractivity contribution is 0.0697. The van der Waals surface area contributed by atoms with E-state index in [0.29, 0.717) is 12.5 Å². The highest BCUT2D eigenvalue weighted by atomic mass is 16.5. The van der Waals surface area contributed by atoms with Crippen molar-refractivity contribution >= 4 is 11.7 Å². The molecule has 0 aliphatic heterocycles.